The number of hydrogen-bond acceptors (Lipinski definition) is 7. The van der Waals surface area contributed by atoms with Crippen molar-refractivity contribution >= 4 is 21.9 Å². The van der Waals surface area contributed by atoms with Crippen molar-refractivity contribution in [2.75, 3.05) is 45.9 Å². The minimum absolute atomic E-state index is 0.117. The molecule has 0 spiro atoms. The van der Waals surface area contributed by atoms with Crippen LogP contribution in [-0.4, -0.2) is 80.9 Å². The lowest BCUT2D eigenvalue weighted by Gasteiger charge is -2.30. The molecule has 1 unspecified atom stereocenters. The highest BCUT2D eigenvalue weighted by molar-refractivity contribution is 6.09. The molecule has 9 nitrogen and oxygen atoms in total. The van der Waals surface area contributed by atoms with Gasteiger partial charge in [0.2, 0.25) is 5.88 Å². The molecule has 0 amide bonds. The van der Waals surface area contributed by atoms with Crippen molar-refractivity contribution in [2.45, 2.75) is 57.6 Å². The predicted octanol–water partition coefficient (Wildman–Crippen LogP) is 4.59. The minimum Gasteiger partial charge on any atom is -0.486 e. The van der Waals surface area contributed by atoms with Crippen molar-refractivity contribution in [1.82, 2.24) is 28.9 Å². The van der Waals surface area contributed by atoms with Gasteiger partial charge in [-0.3, -0.25) is 19.0 Å². The number of rotatable bonds is 8. The molecule has 0 aliphatic carbocycles. The van der Waals surface area contributed by atoms with Crippen LogP contribution in [0.5, 0.6) is 11.6 Å². The summed E-state index contributed by atoms with van der Waals surface area (Å²) in [4.78, 5) is 27.3. The smallest absolute Gasteiger partial charge is 0.329 e. The van der Waals surface area contributed by atoms with Gasteiger partial charge in [0.1, 0.15) is 17.7 Å². The Labute approximate surface area is 244 Å². The van der Waals surface area contributed by atoms with Crippen LogP contribution in [0.15, 0.2) is 35.4 Å². The largest absolute Gasteiger partial charge is 0.486 e. The molecule has 2 fully saturated rings. The quantitative estimate of drug-likeness (QED) is 0.285. The van der Waals surface area contributed by atoms with Gasteiger partial charge in [-0.15, -0.1) is 0 Å². The first-order valence-corrected chi connectivity index (χ1v) is 15.5. The maximum Gasteiger partial charge on any atom is 0.329 e. The highest BCUT2D eigenvalue weighted by atomic mass is 19.1. The summed E-state index contributed by atoms with van der Waals surface area (Å²) < 4.78 is 32.0. The number of likely N-dealkylation sites (tertiary alicyclic amines) is 2. The molecule has 1 atom stereocenters. The summed E-state index contributed by atoms with van der Waals surface area (Å²) in [6, 6.07) is 5.08. The van der Waals surface area contributed by atoms with Gasteiger partial charge in [0.25, 0.3) is 0 Å². The Bertz CT molecular complexity index is 1640. The van der Waals surface area contributed by atoms with Crippen LogP contribution in [0.2, 0.25) is 0 Å². The minimum atomic E-state index is -0.426. The van der Waals surface area contributed by atoms with Crippen molar-refractivity contribution in [3.8, 4) is 22.8 Å². The van der Waals surface area contributed by atoms with Crippen LogP contribution >= 0.6 is 0 Å². The number of ether oxygens (including phenoxy) is 2. The van der Waals surface area contributed by atoms with Crippen LogP contribution in [0.4, 0.5) is 4.39 Å². The highest BCUT2D eigenvalue weighted by Crippen LogP contribution is 2.43. The first kappa shape index (κ1) is 27.3. The van der Waals surface area contributed by atoms with Crippen molar-refractivity contribution in [1.29, 1.82) is 0 Å². The fourth-order valence-electron chi connectivity index (χ4n) is 6.91. The van der Waals surface area contributed by atoms with Gasteiger partial charge in [-0.05, 0) is 64.3 Å². The average Bonchev–Trinajstić information content (AvgIpc) is 3.14. The number of halogens is 1. The molecule has 2 saturated heterocycles. The lowest BCUT2D eigenvalue weighted by atomic mass is 10.0. The lowest BCUT2D eigenvalue weighted by Crippen LogP contribution is -2.41. The van der Waals surface area contributed by atoms with Crippen LogP contribution in [0, 0.1) is 5.82 Å². The molecule has 222 valence electrons. The van der Waals surface area contributed by atoms with E-state index in [9.17, 15) is 4.79 Å². The summed E-state index contributed by atoms with van der Waals surface area (Å²) in [6.07, 6.45) is 11.4. The number of hydrogen-bond donors (Lipinski definition) is 0. The molecule has 0 bridgehead atoms. The molecule has 3 aliphatic heterocycles. The normalized spacial score (nSPS) is 19.8. The molecular formula is C32H39FN6O3. The molecule has 0 N–H and O–H groups in total. The van der Waals surface area contributed by atoms with E-state index < -0.39 is 5.82 Å². The van der Waals surface area contributed by atoms with Gasteiger partial charge in [-0.1, -0.05) is 12.8 Å². The molecule has 10 heteroatoms. The van der Waals surface area contributed by atoms with E-state index in [4.69, 9.17) is 9.47 Å². The lowest BCUT2D eigenvalue weighted by molar-refractivity contribution is 0.109. The summed E-state index contributed by atoms with van der Waals surface area (Å²) in [6.45, 7) is 7.05. The summed E-state index contributed by atoms with van der Waals surface area (Å²) in [7, 11) is 1.76. The number of benzene rings is 1. The standard InChI is InChI=1S/C32H39FN6O3/c1-36-26-19-34-25-17-24(33)28(22-9-10-27(35-18-22)41-16-8-15-37-11-4-2-5-12-37)31-29(25)30(26)39(32(36)40)21-23(42-31)20-38-13-6-3-7-14-38/h9-10,17-19,23H,2-8,11-16,20-21H2,1H3. The topological polar surface area (TPSA) is 77.7 Å². The third-order valence-corrected chi connectivity index (χ3v) is 9.09. The zero-order valence-corrected chi connectivity index (χ0v) is 24.4. The van der Waals surface area contributed by atoms with E-state index in [1.54, 1.807) is 34.6 Å². The van der Waals surface area contributed by atoms with Crippen molar-refractivity contribution in [3.63, 3.8) is 0 Å². The zero-order valence-electron chi connectivity index (χ0n) is 24.4. The van der Waals surface area contributed by atoms with Gasteiger partial charge in [0.05, 0.1) is 46.8 Å². The fourth-order valence-corrected chi connectivity index (χ4v) is 6.91. The van der Waals surface area contributed by atoms with Crippen molar-refractivity contribution in [2.24, 2.45) is 7.05 Å². The summed E-state index contributed by atoms with van der Waals surface area (Å²) in [5, 5.41) is 0.667. The Hall–Kier alpha value is -3.50. The van der Waals surface area contributed by atoms with Crippen molar-refractivity contribution < 1.29 is 13.9 Å². The number of pyridine rings is 2. The number of aromatic nitrogens is 4. The number of piperidine rings is 2. The molecule has 3 aromatic heterocycles. The van der Waals surface area contributed by atoms with Crippen LogP contribution in [-0.2, 0) is 13.6 Å². The molecule has 3 aliphatic rings. The van der Waals surface area contributed by atoms with Crippen molar-refractivity contribution in [3.05, 3.63) is 46.9 Å². The van der Waals surface area contributed by atoms with Crippen LogP contribution in [0.3, 0.4) is 0 Å². The van der Waals surface area contributed by atoms with Gasteiger partial charge >= 0.3 is 5.69 Å². The van der Waals surface area contributed by atoms with Gasteiger partial charge in [-0.2, -0.15) is 0 Å². The van der Waals surface area contributed by atoms with E-state index in [0.29, 0.717) is 58.9 Å². The Morgan fingerprint density at radius 3 is 2.50 bits per heavy atom. The number of aryl methyl sites for hydroxylation is 1. The number of imidazole rings is 1. The van der Waals surface area contributed by atoms with Gasteiger partial charge in [0.15, 0.2) is 0 Å². The Morgan fingerprint density at radius 1 is 1.00 bits per heavy atom. The van der Waals surface area contributed by atoms with Crippen LogP contribution in [0.25, 0.3) is 33.1 Å². The Kier molecular flexibility index (Phi) is 7.58. The Morgan fingerprint density at radius 2 is 1.76 bits per heavy atom. The summed E-state index contributed by atoms with van der Waals surface area (Å²) in [5.74, 6) is 0.526. The number of nitrogens with zero attached hydrogens (tertiary/aromatic N) is 6. The van der Waals surface area contributed by atoms with Gasteiger partial charge < -0.3 is 14.4 Å². The third kappa shape index (κ3) is 5.15. The molecular weight excluding hydrogens is 535 g/mol. The first-order chi connectivity index (χ1) is 20.6. The van der Waals surface area contributed by atoms with E-state index >= 15 is 4.39 Å². The second-order valence-corrected chi connectivity index (χ2v) is 12.0. The highest BCUT2D eigenvalue weighted by Gasteiger charge is 2.31. The second-order valence-electron chi connectivity index (χ2n) is 12.0. The molecule has 42 heavy (non-hydrogen) atoms. The third-order valence-electron chi connectivity index (χ3n) is 9.09. The van der Waals surface area contributed by atoms with Gasteiger partial charge in [-0.25, -0.2) is 14.2 Å². The molecule has 4 aromatic rings. The average molecular weight is 575 g/mol. The monoisotopic (exact) mass is 574 g/mol. The SMILES string of the molecule is Cn1c(=O)n2c3c4c(c(-c5ccc(OCCCN6CCCCC6)nc5)c(F)cc4ncc31)OC(CN1CCCCC1)C2. The van der Waals surface area contributed by atoms with E-state index in [1.165, 1.54) is 44.8 Å². The van der Waals surface area contributed by atoms with E-state index in [2.05, 4.69) is 19.8 Å². The van der Waals surface area contributed by atoms with E-state index in [0.717, 1.165) is 44.4 Å². The molecule has 7 rings (SSSR count). The van der Waals surface area contributed by atoms with E-state index in [-0.39, 0.29) is 11.8 Å². The maximum atomic E-state index is 15.9. The summed E-state index contributed by atoms with van der Waals surface area (Å²) >= 11 is 0. The predicted molar refractivity (Wildman–Crippen MR) is 161 cm³/mol. The molecule has 1 aromatic carbocycles. The fraction of sp³-hybridized carbons (Fsp3) is 0.531. The molecule has 0 radical (unpaired) electrons. The summed E-state index contributed by atoms with van der Waals surface area (Å²) in [5.41, 5.74) is 2.75. The van der Waals surface area contributed by atoms with Gasteiger partial charge in [0, 0.05) is 44.0 Å². The maximum absolute atomic E-state index is 15.9. The second kappa shape index (κ2) is 11.6. The zero-order chi connectivity index (χ0) is 28.6. The first-order valence-electron chi connectivity index (χ1n) is 15.5. The molecule has 6 heterocycles. The Balaban J connectivity index is 1.21. The van der Waals surface area contributed by atoms with E-state index in [1.807, 2.05) is 6.07 Å². The van der Waals surface area contributed by atoms with Crippen LogP contribution < -0.4 is 15.2 Å². The molecule has 0 saturated carbocycles. The van der Waals surface area contributed by atoms with Crippen LogP contribution in [0.1, 0.15) is 44.9 Å².